The van der Waals surface area contributed by atoms with Gasteiger partial charge in [-0.15, -0.1) is 0 Å². The van der Waals surface area contributed by atoms with Crippen molar-refractivity contribution in [3.8, 4) is 0 Å². The standard InChI is InChI=1S/C16H26N4O3S/c1-12-14(10-18-19-12)11-20(3)16(21)9-6-13-4-7-15(8-5-13)24(22,23)17-2/h4-5,7-8,12,14,17-19H,6,9-11H2,1-3H3. The SMILES string of the molecule is CNS(=O)(=O)c1ccc(CCC(=O)N(C)CC2CNNC2C)cc1. The molecule has 1 aliphatic rings. The van der Waals surface area contributed by atoms with Crippen molar-refractivity contribution in [2.45, 2.75) is 30.7 Å². The van der Waals surface area contributed by atoms with E-state index in [1.165, 1.54) is 7.05 Å². The van der Waals surface area contributed by atoms with Crippen LogP contribution in [0.3, 0.4) is 0 Å². The van der Waals surface area contributed by atoms with Gasteiger partial charge in [0.1, 0.15) is 0 Å². The van der Waals surface area contributed by atoms with E-state index in [9.17, 15) is 13.2 Å². The Balaban J connectivity index is 1.85. The number of hydrazine groups is 1. The Kier molecular flexibility index (Phi) is 6.34. The number of aryl methyl sites for hydroxylation is 1. The van der Waals surface area contributed by atoms with E-state index in [-0.39, 0.29) is 10.8 Å². The number of nitrogens with one attached hydrogen (secondary N) is 3. The van der Waals surface area contributed by atoms with Gasteiger partial charge < -0.3 is 4.90 Å². The van der Waals surface area contributed by atoms with E-state index >= 15 is 0 Å². The molecule has 0 radical (unpaired) electrons. The fourth-order valence-electron chi connectivity index (χ4n) is 2.72. The number of hydrogen-bond donors (Lipinski definition) is 3. The van der Waals surface area contributed by atoms with E-state index in [0.29, 0.717) is 24.8 Å². The van der Waals surface area contributed by atoms with Gasteiger partial charge in [0.05, 0.1) is 4.90 Å². The van der Waals surface area contributed by atoms with Gasteiger partial charge >= 0.3 is 0 Å². The lowest BCUT2D eigenvalue weighted by Gasteiger charge is -2.23. The Bertz CT molecular complexity index is 660. The lowest BCUT2D eigenvalue weighted by Crippen LogP contribution is -2.36. The molecule has 0 aromatic heterocycles. The molecule has 0 bridgehead atoms. The molecule has 24 heavy (non-hydrogen) atoms. The average molecular weight is 354 g/mol. The maximum atomic E-state index is 12.3. The van der Waals surface area contributed by atoms with Crippen LogP contribution in [-0.2, 0) is 21.2 Å². The largest absolute Gasteiger partial charge is 0.345 e. The van der Waals surface area contributed by atoms with Crippen LogP contribution >= 0.6 is 0 Å². The number of carbonyl (C=O) groups excluding carboxylic acids is 1. The molecule has 0 saturated carbocycles. The number of nitrogens with zero attached hydrogens (tertiary/aromatic N) is 1. The lowest BCUT2D eigenvalue weighted by atomic mass is 10.0. The fourth-order valence-corrected chi connectivity index (χ4v) is 3.45. The third-order valence-corrected chi connectivity index (χ3v) is 5.90. The molecular weight excluding hydrogens is 328 g/mol. The van der Waals surface area contributed by atoms with Gasteiger partial charge in [-0.3, -0.25) is 15.6 Å². The van der Waals surface area contributed by atoms with Crippen LogP contribution in [-0.4, -0.2) is 52.5 Å². The Hall–Kier alpha value is -1.48. The van der Waals surface area contributed by atoms with Gasteiger partial charge in [-0.1, -0.05) is 12.1 Å². The molecule has 0 spiro atoms. The Labute approximate surface area is 143 Å². The molecule has 134 valence electrons. The van der Waals surface area contributed by atoms with Crippen molar-refractivity contribution in [2.24, 2.45) is 5.92 Å². The second kappa shape index (κ2) is 8.06. The molecular formula is C16H26N4O3S. The number of rotatable bonds is 7. The van der Waals surface area contributed by atoms with Gasteiger partial charge in [0.25, 0.3) is 0 Å². The van der Waals surface area contributed by atoms with Gasteiger partial charge in [-0.05, 0) is 38.1 Å². The van der Waals surface area contributed by atoms with Crippen LogP contribution in [0.1, 0.15) is 18.9 Å². The predicted molar refractivity (Wildman–Crippen MR) is 92.7 cm³/mol. The van der Waals surface area contributed by atoms with Crippen molar-refractivity contribution >= 4 is 15.9 Å². The first-order valence-electron chi connectivity index (χ1n) is 8.08. The van der Waals surface area contributed by atoms with Crippen LogP contribution in [0.15, 0.2) is 29.2 Å². The summed E-state index contributed by atoms with van der Waals surface area (Å²) in [6.07, 6.45) is 1.01. The second-order valence-electron chi connectivity index (χ2n) is 6.20. The molecule has 2 unspecified atom stereocenters. The van der Waals surface area contributed by atoms with Gasteiger partial charge in [-0.2, -0.15) is 0 Å². The van der Waals surface area contributed by atoms with E-state index in [0.717, 1.165) is 18.7 Å². The number of carbonyl (C=O) groups is 1. The van der Waals surface area contributed by atoms with Crippen LogP contribution < -0.4 is 15.6 Å². The summed E-state index contributed by atoms with van der Waals surface area (Å²) in [5.41, 5.74) is 7.20. The maximum Gasteiger partial charge on any atom is 0.240 e. The number of hydrogen-bond acceptors (Lipinski definition) is 5. The first-order valence-corrected chi connectivity index (χ1v) is 9.56. The summed E-state index contributed by atoms with van der Waals surface area (Å²) in [6, 6.07) is 6.98. The van der Waals surface area contributed by atoms with E-state index in [1.54, 1.807) is 29.2 Å². The molecule has 2 rings (SSSR count). The summed E-state index contributed by atoms with van der Waals surface area (Å²) in [6.45, 7) is 3.68. The minimum Gasteiger partial charge on any atom is -0.345 e. The first kappa shape index (κ1) is 18.9. The zero-order chi connectivity index (χ0) is 17.7. The van der Waals surface area contributed by atoms with Crippen molar-refractivity contribution in [1.82, 2.24) is 20.5 Å². The summed E-state index contributed by atoms with van der Waals surface area (Å²) in [4.78, 5) is 14.3. The molecule has 3 N–H and O–H groups in total. The Morgan fingerprint density at radius 3 is 2.54 bits per heavy atom. The highest BCUT2D eigenvalue weighted by atomic mass is 32.2. The molecule has 1 fully saturated rings. The van der Waals surface area contributed by atoms with Crippen LogP contribution in [0.2, 0.25) is 0 Å². The van der Waals surface area contributed by atoms with E-state index in [2.05, 4.69) is 22.5 Å². The van der Waals surface area contributed by atoms with Gasteiger partial charge in [0.15, 0.2) is 0 Å². The van der Waals surface area contributed by atoms with Crippen molar-refractivity contribution in [3.05, 3.63) is 29.8 Å². The van der Waals surface area contributed by atoms with Gasteiger partial charge in [0, 0.05) is 38.5 Å². The lowest BCUT2D eigenvalue weighted by molar-refractivity contribution is -0.130. The van der Waals surface area contributed by atoms with Crippen LogP contribution in [0.4, 0.5) is 0 Å². The third-order valence-electron chi connectivity index (χ3n) is 4.47. The minimum atomic E-state index is -3.42. The summed E-state index contributed by atoms with van der Waals surface area (Å²) in [5, 5.41) is 0. The Morgan fingerprint density at radius 1 is 1.33 bits per heavy atom. The molecule has 0 aliphatic carbocycles. The predicted octanol–water partition coefficient (Wildman–Crippen LogP) is 0.0982. The summed E-state index contributed by atoms with van der Waals surface area (Å²) >= 11 is 0. The zero-order valence-corrected chi connectivity index (χ0v) is 15.2. The average Bonchev–Trinajstić information content (AvgIpc) is 2.97. The molecule has 1 amide bonds. The van der Waals surface area contributed by atoms with Gasteiger partial charge in [-0.25, -0.2) is 13.1 Å². The quantitative estimate of drug-likeness (QED) is 0.646. The molecule has 1 heterocycles. The normalized spacial score (nSPS) is 21.0. The number of benzene rings is 1. The maximum absolute atomic E-state index is 12.3. The molecule has 1 aromatic carbocycles. The third kappa shape index (κ3) is 4.76. The molecule has 1 aliphatic heterocycles. The molecule has 1 aromatic rings. The smallest absolute Gasteiger partial charge is 0.240 e. The molecule has 7 nitrogen and oxygen atoms in total. The number of sulfonamides is 1. The zero-order valence-electron chi connectivity index (χ0n) is 14.4. The van der Waals surface area contributed by atoms with Crippen molar-refractivity contribution in [2.75, 3.05) is 27.2 Å². The molecule has 2 atom stereocenters. The summed E-state index contributed by atoms with van der Waals surface area (Å²) in [5.74, 6) is 0.506. The van der Waals surface area contributed by atoms with Crippen molar-refractivity contribution in [3.63, 3.8) is 0 Å². The van der Waals surface area contributed by atoms with E-state index in [1.807, 2.05) is 7.05 Å². The van der Waals surface area contributed by atoms with Crippen LogP contribution in [0, 0.1) is 5.92 Å². The highest BCUT2D eigenvalue weighted by Gasteiger charge is 2.25. The van der Waals surface area contributed by atoms with E-state index in [4.69, 9.17) is 0 Å². The van der Waals surface area contributed by atoms with Crippen LogP contribution in [0.5, 0.6) is 0 Å². The van der Waals surface area contributed by atoms with E-state index < -0.39 is 10.0 Å². The monoisotopic (exact) mass is 354 g/mol. The first-order chi connectivity index (χ1) is 11.3. The van der Waals surface area contributed by atoms with Crippen molar-refractivity contribution < 1.29 is 13.2 Å². The highest BCUT2D eigenvalue weighted by molar-refractivity contribution is 7.89. The summed E-state index contributed by atoms with van der Waals surface area (Å²) < 4.78 is 25.6. The Morgan fingerprint density at radius 2 is 2.00 bits per heavy atom. The summed E-state index contributed by atoms with van der Waals surface area (Å²) in [7, 11) is -0.203. The topological polar surface area (TPSA) is 90.5 Å². The minimum absolute atomic E-state index is 0.0982. The van der Waals surface area contributed by atoms with Crippen molar-refractivity contribution in [1.29, 1.82) is 0 Å². The highest BCUT2D eigenvalue weighted by Crippen LogP contribution is 2.13. The number of amides is 1. The molecule has 1 saturated heterocycles. The fraction of sp³-hybridized carbons (Fsp3) is 0.562. The molecule has 8 heteroatoms. The second-order valence-corrected chi connectivity index (χ2v) is 8.09. The van der Waals surface area contributed by atoms with Gasteiger partial charge in [0.2, 0.25) is 15.9 Å². The van der Waals surface area contributed by atoms with Crippen LogP contribution in [0.25, 0.3) is 0 Å².